The fourth-order valence-corrected chi connectivity index (χ4v) is 3.12. The van der Waals surface area contributed by atoms with Crippen LogP contribution in [0.5, 0.6) is 5.75 Å². The summed E-state index contributed by atoms with van der Waals surface area (Å²) in [5, 5.41) is 0. The molecule has 0 aliphatic rings. The van der Waals surface area contributed by atoms with E-state index in [1.165, 1.54) is 70.6 Å². The third-order valence-corrected chi connectivity index (χ3v) is 4.74. The molecule has 0 saturated carbocycles. The van der Waals surface area contributed by atoms with Crippen LogP contribution in [-0.4, -0.2) is 5.97 Å². The highest BCUT2D eigenvalue weighted by molar-refractivity contribution is 5.75. The Hall–Kier alpha value is -1.71. The monoisotopic (exact) mass is 362 g/mol. The molecule has 4 nitrogen and oxygen atoms in total. The Morgan fingerprint density at radius 1 is 0.808 bits per heavy atom. The predicted molar refractivity (Wildman–Crippen MR) is 111 cm³/mol. The first-order valence-corrected chi connectivity index (χ1v) is 10.5. The summed E-state index contributed by atoms with van der Waals surface area (Å²) in [5.74, 6) is 0.184. The van der Waals surface area contributed by atoms with E-state index in [0.717, 1.165) is 12.8 Å². The van der Waals surface area contributed by atoms with E-state index in [4.69, 9.17) is 16.2 Å². The molecule has 0 amide bonds. The van der Waals surface area contributed by atoms with Crippen LogP contribution in [0.15, 0.2) is 18.2 Å². The first kappa shape index (κ1) is 22.3. The van der Waals surface area contributed by atoms with Crippen LogP contribution in [0.25, 0.3) is 0 Å². The number of rotatable bonds is 15. The lowest BCUT2D eigenvalue weighted by Crippen LogP contribution is -2.09. The molecule has 0 unspecified atom stereocenters. The smallest absolute Gasteiger partial charge is 0.311 e. The van der Waals surface area contributed by atoms with Crippen LogP contribution in [-0.2, 0) is 4.79 Å². The summed E-state index contributed by atoms with van der Waals surface area (Å²) in [5.41, 5.74) is 12.4. The molecule has 0 aliphatic heterocycles. The van der Waals surface area contributed by atoms with E-state index in [2.05, 4.69) is 6.92 Å². The van der Waals surface area contributed by atoms with E-state index in [1.807, 2.05) is 0 Å². The molecule has 0 aromatic heterocycles. The van der Waals surface area contributed by atoms with Crippen LogP contribution in [0, 0.1) is 0 Å². The number of hydrogen-bond acceptors (Lipinski definition) is 4. The standard InChI is InChI=1S/C22H38N2O2/c1-2-3-4-5-6-7-8-9-10-11-12-13-14-15-22(25)26-21-17-16-19(23)18-20(21)24/h16-18H,2-15,23-24H2,1H3. The summed E-state index contributed by atoms with van der Waals surface area (Å²) in [6.07, 6.45) is 17.3. The predicted octanol–water partition coefficient (Wildman–Crippen LogP) is 6.24. The van der Waals surface area contributed by atoms with Gasteiger partial charge >= 0.3 is 5.97 Å². The van der Waals surface area contributed by atoms with Crippen LogP contribution in [0.2, 0.25) is 0 Å². The first-order chi connectivity index (χ1) is 12.6. The Bertz CT molecular complexity index is 503. The largest absolute Gasteiger partial charge is 0.424 e. The minimum Gasteiger partial charge on any atom is -0.424 e. The quantitative estimate of drug-likeness (QED) is 0.167. The molecule has 1 aromatic rings. The van der Waals surface area contributed by atoms with Gasteiger partial charge in [0, 0.05) is 12.1 Å². The number of nitrogen functional groups attached to an aromatic ring is 2. The van der Waals surface area contributed by atoms with Crippen LogP contribution in [0.1, 0.15) is 96.8 Å². The number of ether oxygens (including phenoxy) is 1. The minimum atomic E-state index is -0.218. The Balaban J connectivity index is 1.92. The molecule has 0 bridgehead atoms. The Morgan fingerprint density at radius 2 is 1.31 bits per heavy atom. The Morgan fingerprint density at radius 3 is 1.81 bits per heavy atom. The van der Waals surface area contributed by atoms with Crippen LogP contribution in [0.4, 0.5) is 11.4 Å². The zero-order valence-corrected chi connectivity index (χ0v) is 16.6. The first-order valence-electron chi connectivity index (χ1n) is 10.5. The van der Waals surface area contributed by atoms with Crippen molar-refractivity contribution in [3.8, 4) is 5.75 Å². The summed E-state index contributed by atoms with van der Waals surface area (Å²) in [7, 11) is 0. The fourth-order valence-electron chi connectivity index (χ4n) is 3.12. The molecule has 1 aromatic carbocycles. The highest BCUT2D eigenvalue weighted by Crippen LogP contribution is 2.24. The van der Waals surface area contributed by atoms with Crippen molar-refractivity contribution in [3.63, 3.8) is 0 Å². The molecular weight excluding hydrogens is 324 g/mol. The van der Waals surface area contributed by atoms with Crippen LogP contribution >= 0.6 is 0 Å². The Labute approximate surface area is 159 Å². The molecule has 148 valence electrons. The second kappa shape index (κ2) is 14.5. The highest BCUT2D eigenvalue weighted by atomic mass is 16.5. The van der Waals surface area contributed by atoms with Gasteiger partial charge in [-0.3, -0.25) is 4.79 Å². The van der Waals surface area contributed by atoms with Gasteiger partial charge < -0.3 is 16.2 Å². The lowest BCUT2D eigenvalue weighted by atomic mass is 10.0. The second-order valence-corrected chi connectivity index (χ2v) is 7.26. The van der Waals surface area contributed by atoms with Crippen molar-refractivity contribution < 1.29 is 9.53 Å². The maximum absolute atomic E-state index is 11.8. The number of carbonyl (C=O) groups is 1. The average Bonchev–Trinajstić information content (AvgIpc) is 2.61. The van der Waals surface area contributed by atoms with Crippen molar-refractivity contribution in [2.75, 3.05) is 11.5 Å². The summed E-state index contributed by atoms with van der Waals surface area (Å²) < 4.78 is 5.29. The number of anilines is 2. The van der Waals surface area contributed by atoms with Gasteiger partial charge in [-0.2, -0.15) is 0 Å². The van der Waals surface area contributed by atoms with Crippen molar-refractivity contribution in [1.82, 2.24) is 0 Å². The molecule has 0 spiro atoms. The average molecular weight is 363 g/mol. The lowest BCUT2D eigenvalue weighted by molar-refractivity contribution is -0.134. The van der Waals surface area contributed by atoms with E-state index in [9.17, 15) is 4.79 Å². The van der Waals surface area contributed by atoms with Gasteiger partial charge in [-0.25, -0.2) is 0 Å². The number of unbranched alkanes of at least 4 members (excludes halogenated alkanes) is 12. The van der Waals surface area contributed by atoms with E-state index in [1.54, 1.807) is 18.2 Å². The van der Waals surface area contributed by atoms with Gasteiger partial charge in [0.2, 0.25) is 0 Å². The molecule has 1 rings (SSSR count). The Kier molecular flexibility index (Phi) is 12.4. The highest BCUT2D eigenvalue weighted by Gasteiger charge is 2.07. The fraction of sp³-hybridized carbons (Fsp3) is 0.682. The van der Waals surface area contributed by atoms with Crippen molar-refractivity contribution in [2.45, 2.75) is 96.8 Å². The number of esters is 1. The number of benzene rings is 1. The van der Waals surface area contributed by atoms with Gasteiger partial charge in [0.05, 0.1) is 5.69 Å². The van der Waals surface area contributed by atoms with Gasteiger partial charge in [-0.05, 0) is 24.6 Å². The number of nitrogens with two attached hydrogens (primary N) is 2. The van der Waals surface area contributed by atoms with Gasteiger partial charge in [0.25, 0.3) is 0 Å². The summed E-state index contributed by atoms with van der Waals surface area (Å²) in [6, 6.07) is 4.93. The normalized spacial score (nSPS) is 10.8. The van der Waals surface area contributed by atoms with Crippen LogP contribution in [0.3, 0.4) is 0 Å². The molecule has 0 heterocycles. The van der Waals surface area contributed by atoms with Gasteiger partial charge in [0.1, 0.15) is 0 Å². The van der Waals surface area contributed by atoms with Crippen LogP contribution < -0.4 is 16.2 Å². The molecule has 0 fully saturated rings. The third-order valence-electron chi connectivity index (χ3n) is 4.74. The molecule has 26 heavy (non-hydrogen) atoms. The van der Waals surface area contributed by atoms with Crippen molar-refractivity contribution in [3.05, 3.63) is 18.2 Å². The van der Waals surface area contributed by atoms with E-state index in [0.29, 0.717) is 23.5 Å². The molecule has 0 atom stereocenters. The summed E-state index contributed by atoms with van der Waals surface area (Å²) in [6.45, 7) is 2.26. The molecule has 0 radical (unpaired) electrons. The molecule has 4 N–H and O–H groups in total. The number of hydrogen-bond donors (Lipinski definition) is 2. The van der Waals surface area contributed by atoms with E-state index >= 15 is 0 Å². The molecule has 0 aliphatic carbocycles. The molecular formula is C22H38N2O2. The van der Waals surface area contributed by atoms with Crippen molar-refractivity contribution in [2.24, 2.45) is 0 Å². The van der Waals surface area contributed by atoms with Gasteiger partial charge in [0.15, 0.2) is 5.75 Å². The van der Waals surface area contributed by atoms with Crippen molar-refractivity contribution in [1.29, 1.82) is 0 Å². The third kappa shape index (κ3) is 11.0. The zero-order valence-electron chi connectivity index (χ0n) is 16.6. The maximum Gasteiger partial charge on any atom is 0.311 e. The molecule has 4 heteroatoms. The van der Waals surface area contributed by atoms with Gasteiger partial charge in [-0.1, -0.05) is 84.0 Å². The summed E-state index contributed by atoms with van der Waals surface area (Å²) >= 11 is 0. The van der Waals surface area contributed by atoms with Gasteiger partial charge in [-0.15, -0.1) is 0 Å². The van der Waals surface area contributed by atoms with E-state index < -0.39 is 0 Å². The lowest BCUT2D eigenvalue weighted by Gasteiger charge is -2.07. The zero-order chi connectivity index (χ0) is 19.0. The SMILES string of the molecule is CCCCCCCCCCCCCCCC(=O)Oc1ccc(N)cc1N. The minimum absolute atomic E-state index is 0.218. The number of carbonyl (C=O) groups excluding carboxylic acids is 1. The molecule has 0 saturated heterocycles. The van der Waals surface area contributed by atoms with E-state index in [-0.39, 0.29) is 5.97 Å². The van der Waals surface area contributed by atoms with Crippen molar-refractivity contribution >= 4 is 17.3 Å². The maximum atomic E-state index is 11.8. The summed E-state index contributed by atoms with van der Waals surface area (Å²) in [4.78, 5) is 11.8. The second-order valence-electron chi connectivity index (χ2n) is 7.26. The topological polar surface area (TPSA) is 78.3 Å².